The smallest absolute Gasteiger partial charge is 0.269 e. The third kappa shape index (κ3) is 2.73. The standard InChI is InChI=1S/C20H19N3O5/c1-12(2)21-19(24)16-17(13-8-10-15(11-9-13)23(26)27)22(28-18(16)20(21)25)14-6-4-3-5-7-14/h3-12,16-18H,1-2H3/t16-,17-,18-/m1/s1. The first-order chi connectivity index (χ1) is 13.4. The van der Waals surface area contributed by atoms with Crippen LogP contribution in [0.1, 0.15) is 25.5 Å². The second kappa shape index (κ2) is 6.72. The zero-order valence-electron chi connectivity index (χ0n) is 15.4. The number of hydroxylamine groups is 1. The third-order valence-electron chi connectivity index (χ3n) is 5.12. The Morgan fingerprint density at radius 1 is 1.00 bits per heavy atom. The van der Waals surface area contributed by atoms with Crippen molar-refractivity contribution in [3.63, 3.8) is 0 Å². The number of non-ortho nitro benzene ring substituents is 1. The molecule has 4 rings (SSSR count). The minimum absolute atomic E-state index is 0.0388. The molecule has 2 aliphatic heterocycles. The molecule has 2 fully saturated rings. The average Bonchev–Trinajstić information content (AvgIpc) is 3.19. The number of carbonyl (C=O) groups excluding carboxylic acids is 2. The molecule has 2 saturated heterocycles. The Kier molecular flexibility index (Phi) is 4.35. The summed E-state index contributed by atoms with van der Waals surface area (Å²) < 4.78 is 0. The first kappa shape index (κ1) is 18.1. The van der Waals surface area contributed by atoms with Gasteiger partial charge in [-0.05, 0) is 31.5 Å². The Morgan fingerprint density at radius 3 is 2.21 bits per heavy atom. The SMILES string of the molecule is CC(C)N1C(=O)[C@@H]2[C@@H](c3ccc([N+](=O)[O-])cc3)N(c3ccccc3)O[C@H]2C1=O. The summed E-state index contributed by atoms with van der Waals surface area (Å²) >= 11 is 0. The number of nitro benzene ring substituents is 1. The molecule has 2 aromatic rings. The number of para-hydroxylation sites is 1. The van der Waals surface area contributed by atoms with Crippen LogP contribution in [0.15, 0.2) is 54.6 Å². The van der Waals surface area contributed by atoms with Gasteiger partial charge in [-0.3, -0.25) is 29.4 Å². The summed E-state index contributed by atoms with van der Waals surface area (Å²) in [6, 6.07) is 14.4. The van der Waals surface area contributed by atoms with Gasteiger partial charge in [0.25, 0.3) is 11.6 Å². The second-order valence-corrected chi connectivity index (χ2v) is 7.15. The lowest BCUT2D eigenvalue weighted by atomic mass is 9.90. The molecule has 144 valence electrons. The highest BCUT2D eigenvalue weighted by Gasteiger charge is 2.60. The van der Waals surface area contributed by atoms with Crippen molar-refractivity contribution >= 4 is 23.2 Å². The van der Waals surface area contributed by atoms with Crippen LogP contribution >= 0.6 is 0 Å². The maximum atomic E-state index is 13.1. The minimum atomic E-state index is -0.907. The van der Waals surface area contributed by atoms with Gasteiger partial charge in [0.2, 0.25) is 5.91 Å². The van der Waals surface area contributed by atoms with Gasteiger partial charge in [0.1, 0.15) is 5.92 Å². The van der Waals surface area contributed by atoms with E-state index in [1.165, 1.54) is 17.0 Å². The van der Waals surface area contributed by atoms with Gasteiger partial charge in [-0.25, -0.2) is 5.06 Å². The van der Waals surface area contributed by atoms with Gasteiger partial charge < -0.3 is 0 Å². The fraction of sp³-hybridized carbons (Fsp3) is 0.300. The first-order valence-corrected chi connectivity index (χ1v) is 9.02. The highest BCUT2D eigenvalue weighted by Crippen LogP contribution is 2.47. The zero-order chi connectivity index (χ0) is 20.0. The topological polar surface area (TPSA) is 93.0 Å². The maximum absolute atomic E-state index is 13.1. The van der Waals surface area contributed by atoms with Gasteiger partial charge >= 0.3 is 0 Å². The molecule has 0 aromatic heterocycles. The van der Waals surface area contributed by atoms with Crippen molar-refractivity contribution in [1.82, 2.24) is 4.90 Å². The normalized spacial score (nSPS) is 24.2. The van der Waals surface area contributed by atoms with E-state index in [2.05, 4.69) is 0 Å². The third-order valence-corrected chi connectivity index (χ3v) is 5.12. The Bertz CT molecular complexity index is 929. The Balaban J connectivity index is 1.79. The number of imide groups is 1. The van der Waals surface area contributed by atoms with Crippen molar-refractivity contribution in [3.05, 3.63) is 70.3 Å². The average molecular weight is 381 g/mol. The summed E-state index contributed by atoms with van der Waals surface area (Å²) in [6.07, 6.45) is -0.907. The number of hydrogen-bond acceptors (Lipinski definition) is 6. The maximum Gasteiger partial charge on any atom is 0.269 e. The molecule has 0 radical (unpaired) electrons. The summed E-state index contributed by atoms with van der Waals surface area (Å²) in [7, 11) is 0. The monoisotopic (exact) mass is 381 g/mol. The van der Waals surface area contributed by atoms with Crippen LogP contribution in [0.2, 0.25) is 0 Å². The van der Waals surface area contributed by atoms with Gasteiger partial charge in [0.05, 0.1) is 16.7 Å². The van der Waals surface area contributed by atoms with E-state index in [0.717, 1.165) is 0 Å². The number of rotatable bonds is 4. The van der Waals surface area contributed by atoms with E-state index in [4.69, 9.17) is 4.84 Å². The van der Waals surface area contributed by atoms with Gasteiger partial charge in [-0.2, -0.15) is 0 Å². The van der Waals surface area contributed by atoms with E-state index < -0.39 is 23.0 Å². The number of nitro groups is 1. The molecule has 2 aromatic carbocycles. The number of anilines is 1. The summed E-state index contributed by atoms with van der Waals surface area (Å²) in [6.45, 7) is 3.57. The van der Waals surface area contributed by atoms with Crippen molar-refractivity contribution < 1.29 is 19.3 Å². The number of nitrogens with zero attached hydrogens (tertiary/aromatic N) is 3. The Hall–Kier alpha value is -3.26. The number of hydrogen-bond donors (Lipinski definition) is 0. The van der Waals surface area contributed by atoms with Crippen molar-refractivity contribution in [2.24, 2.45) is 5.92 Å². The largest absolute Gasteiger partial charge is 0.277 e. The van der Waals surface area contributed by atoms with Crippen molar-refractivity contribution in [2.75, 3.05) is 5.06 Å². The van der Waals surface area contributed by atoms with Crippen molar-refractivity contribution in [1.29, 1.82) is 0 Å². The van der Waals surface area contributed by atoms with Crippen molar-refractivity contribution in [3.8, 4) is 0 Å². The molecule has 0 spiro atoms. The summed E-state index contributed by atoms with van der Waals surface area (Å²) in [5, 5.41) is 12.6. The van der Waals surface area contributed by atoms with Gasteiger partial charge in [0.15, 0.2) is 6.10 Å². The number of likely N-dealkylation sites (tertiary alicyclic amines) is 1. The van der Waals surface area contributed by atoms with Crippen LogP contribution in [0, 0.1) is 16.0 Å². The van der Waals surface area contributed by atoms with E-state index in [1.54, 1.807) is 31.0 Å². The predicted molar refractivity (Wildman–Crippen MR) is 100 cm³/mol. The van der Waals surface area contributed by atoms with Gasteiger partial charge in [0, 0.05) is 18.2 Å². The van der Waals surface area contributed by atoms with E-state index in [0.29, 0.717) is 11.3 Å². The molecule has 0 unspecified atom stereocenters. The summed E-state index contributed by atoms with van der Waals surface area (Å²) in [4.78, 5) is 43.6. The fourth-order valence-electron chi connectivity index (χ4n) is 3.88. The first-order valence-electron chi connectivity index (χ1n) is 9.02. The van der Waals surface area contributed by atoms with Crippen LogP contribution in [0.25, 0.3) is 0 Å². The molecule has 3 atom stereocenters. The molecule has 2 aliphatic rings. The Morgan fingerprint density at radius 2 is 1.64 bits per heavy atom. The molecule has 0 bridgehead atoms. The van der Waals surface area contributed by atoms with Crippen molar-refractivity contribution in [2.45, 2.75) is 32.0 Å². The number of fused-ring (bicyclic) bond motifs is 1. The van der Waals surface area contributed by atoms with Crippen LogP contribution in [0.5, 0.6) is 0 Å². The molecule has 0 saturated carbocycles. The molecule has 0 aliphatic carbocycles. The van der Waals surface area contributed by atoms with E-state index >= 15 is 0 Å². The Labute approximate surface area is 161 Å². The van der Waals surface area contributed by atoms with Crippen LogP contribution in [0.3, 0.4) is 0 Å². The van der Waals surface area contributed by atoms with Crippen LogP contribution in [-0.2, 0) is 14.4 Å². The molecular formula is C20H19N3O5. The number of amides is 2. The predicted octanol–water partition coefficient (Wildman–Crippen LogP) is 2.85. The second-order valence-electron chi connectivity index (χ2n) is 7.15. The minimum Gasteiger partial charge on any atom is -0.277 e. The summed E-state index contributed by atoms with van der Waals surface area (Å²) in [5.41, 5.74) is 1.34. The molecule has 28 heavy (non-hydrogen) atoms. The molecule has 8 heteroatoms. The molecule has 8 nitrogen and oxygen atoms in total. The summed E-state index contributed by atoms with van der Waals surface area (Å²) in [5.74, 6) is -1.35. The number of benzene rings is 2. The molecule has 2 heterocycles. The van der Waals surface area contributed by atoms with E-state index in [1.807, 2.05) is 30.3 Å². The van der Waals surface area contributed by atoms with Crippen LogP contribution in [-0.4, -0.2) is 33.8 Å². The number of carbonyl (C=O) groups is 2. The van der Waals surface area contributed by atoms with E-state index in [9.17, 15) is 19.7 Å². The fourth-order valence-corrected chi connectivity index (χ4v) is 3.88. The van der Waals surface area contributed by atoms with Crippen LogP contribution in [0.4, 0.5) is 11.4 Å². The highest BCUT2D eigenvalue weighted by molar-refractivity contribution is 6.08. The van der Waals surface area contributed by atoms with Gasteiger partial charge in [-0.15, -0.1) is 0 Å². The molecule has 0 N–H and O–H groups in total. The lowest BCUT2D eigenvalue weighted by Crippen LogP contribution is -2.41. The lowest BCUT2D eigenvalue weighted by Gasteiger charge is -2.29. The molecule has 2 amide bonds. The lowest BCUT2D eigenvalue weighted by molar-refractivity contribution is -0.384. The van der Waals surface area contributed by atoms with E-state index in [-0.39, 0.29) is 23.5 Å². The quantitative estimate of drug-likeness (QED) is 0.459. The molecular weight excluding hydrogens is 362 g/mol. The zero-order valence-corrected chi connectivity index (χ0v) is 15.4. The van der Waals surface area contributed by atoms with Crippen LogP contribution < -0.4 is 5.06 Å². The van der Waals surface area contributed by atoms with Gasteiger partial charge in [-0.1, -0.05) is 30.3 Å². The highest BCUT2D eigenvalue weighted by atomic mass is 16.7.